The first-order valence-corrected chi connectivity index (χ1v) is 6.86. The molecular weight excluding hydrogens is 246 g/mol. The zero-order valence-electron chi connectivity index (χ0n) is 11.3. The monoisotopic (exact) mass is 263 g/mol. The summed E-state index contributed by atoms with van der Waals surface area (Å²) in [6.07, 6.45) is 4.50. The Bertz CT molecular complexity index is 680. The first-order chi connectivity index (χ1) is 9.92. The van der Waals surface area contributed by atoms with Crippen LogP contribution in [0.3, 0.4) is 0 Å². The topological polar surface area (TPSA) is 37.8 Å². The molecule has 0 radical (unpaired) electrons. The smallest absolute Gasteiger partial charge is 0.0890 e. The van der Waals surface area contributed by atoms with Gasteiger partial charge in [-0.3, -0.25) is 9.97 Å². The lowest BCUT2D eigenvalue weighted by Crippen LogP contribution is -2.16. The van der Waals surface area contributed by atoms with Crippen molar-refractivity contribution in [3.8, 4) is 0 Å². The van der Waals surface area contributed by atoms with Crippen LogP contribution in [0.2, 0.25) is 0 Å². The van der Waals surface area contributed by atoms with Crippen molar-refractivity contribution in [3.05, 3.63) is 72.1 Å². The third-order valence-corrected chi connectivity index (χ3v) is 3.30. The van der Waals surface area contributed by atoms with E-state index in [1.54, 1.807) is 12.4 Å². The van der Waals surface area contributed by atoms with E-state index in [1.165, 1.54) is 11.1 Å². The van der Waals surface area contributed by atoms with Crippen molar-refractivity contribution in [3.63, 3.8) is 0 Å². The van der Waals surface area contributed by atoms with E-state index >= 15 is 0 Å². The van der Waals surface area contributed by atoms with E-state index in [1.807, 2.05) is 12.1 Å². The largest absolute Gasteiger partial charge is 0.312 e. The number of benzene rings is 2. The highest BCUT2D eigenvalue weighted by Crippen LogP contribution is 2.10. The highest BCUT2D eigenvalue weighted by atomic mass is 14.8. The summed E-state index contributed by atoms with van der Waals surface area (Å²) in [5.74, 6) is 0. The Morgan fingerprint density at radius 2 is 1.60 bits per heavy atom. The minimum absolute atomic E-state index is 0.860. The first-order valence-electron chi connectivity index (χ1n) is 6.86. The van der Waals surface area contributed by atoms with Crippen LogP contribution < -0.4 is 5.32 Å². The minimum Gasteiger partial charge on any atom is -0.312 e. The van der Waals surface area contributed by atoms with Gasteiger partial charge in [0, 0.05) is 18.9 Å². The van der Waals surface area contributed by atoms with Gasteiger partial charge in [-0.05, 0) is 36.2 Å². The van der Waals surface area contributed by atoms with Crippen LogP contribution in [0.25, 0.3) is 11.0 Å². The summed E-state index contributed by atoms with van der Waals surface area (Å²) < 4.78 is 0. The van der Waals surface area contributed by atoms with Gasteiger partial charge in [0.25, 0.3) is 0 Å². The molecule has 1 N–H and O–H groups in total. The molecule has 0 unspecified atom stereocenters. The lowest BCUT2D eigenvalue weighted by Gasteiger charge is -2.06. The molecule has 1 aromatic heterocycles. The SMILES string of the molecule is c1ccc(CCNCc2ccc3nccnc3c2)cc1. The average molecular weight is 263 g/mol. The van der Waals surface area contributed by atoms with Gasteiger partial charge in [-0.2, -0.15) is 0 Å². The van der Waals surface area contributed by atoms with E-state index in [0.717, 1.165) is 30.5 Å². The number of nitrogens with one attached hydrogen (secondary N) is 1. The first kappa shape index (κ1) is 12.8. The molecule has 3 heteroatoms. The van der Waals surface area contributed by atoms with Crippen LogP contribution in [0.4, 0.5) is 0 Å². The van der Waals surface area contributed by atoms with Crippen LogP contribution in [-0.4, -0.2) is 16.5 Å². The van der Waals surface area contributed by atoms with Gasteiger partial charge in [0.1, 0.15) is 0 Å². The quantitative estimate of drug-likeness (QED) is 0.719. The number of hydrogen-bond donors (Lipinski definition) is 1. The molecule has 0 aliphatic heterocycles. The van der Waals surface area contributed by atoms with Gasteiger partial charge in [0.05, 0.1) is 11.0 Å². The summed E-state index contributed by atoms with van der Waals surface area (Å²) in [7, 11) is 0. The second-order valence-corrected chi connectivity index (χ2v) is 4.79. The van der Waals surface area contributed by atoms with Gasteiger partial charge in [0.2, 0.25) is 0 Å². The lowest BCUT2D eigenvalue weighted by molar-refractivity contribution is 0.687. The van der Waals surface area contributed by atoms with Crippen LogP contribution in [0.1, 0.15) is 11.1 Å². The Kier molecular flexibility index (Phi) is 3.99. The predicted molar refractivity (Wildman–Crippen MR) is 81.4 cm³/mol. The molecule has 0 aliphatic carbocycles. The maximum Gasteiger partial charge on any atom is 0.0890 e. The van der Waals surface area contributed by atoms with Crippen molar-refractivity contribution >= 4 is 11.0 Å². The van der Waals surface area contributed by atoms with Crippen molar-refractivity contribution in [1.82, 2.24) is 15.3 Å². The molecule has 0 fully saturated rings. The van der Waals surface area contributed by atoms with Crippen molar-refractivity contribution < 1.29 is 0 Å². The van der Waals surface area contributed by atoms with Crippen LogP contribution in [-0.2, 0) is 13.0 Å². The molecular formula is C17H17N3. The summed E-state index contributed by atoms with van der Waals surface area (Å²) in [5, 5.41) is 3.47. The normalized spacial score (nSPS) is 10.8. The fraction of sp³-hybridized carbons (Fsp3) is 0.176. The van der Waals surface area contributed by atoms with Gasteiger partial charge < -0.3 is 5.32 Å². The minimum atomic E-state index is 0.860. The third-order valence-electron chi connectivity index (χ3n) is 3.30. The van der Waals surface area contributed by atoms with Gasteiger partial charge in [-0.1, -0.05) is 36.4 Å². The molecule has 0 atom stereocenters. The summed E-state index contributed by atoms with van der Waals surface area (Å²) in [6, 6.07) is 16.8. The van der Waals surface area contributed by atoms with Gasteiger partial charge in [-0.25, -0.2) is 0 Å². The van der Waals surface area contributed by atoms with E-state index < -0.39 is 0 Å². The van der Waals surface area contributed by atoms with Gasteiger partial charge in [-0.15, -0.1) is 0 Å². The van der Waals surface area contributed by atoms with E-state index in [9.17, 15) is 0 Å². The van der Waals surface area contributed by atoms with Gasteiger partial charge in [0.15, 0.2) is 0 Å². The molecule has 2 aromatic carbocycles. The Labute approximate surface area is 118 Å². The molecule has 0 aliphatic rings. The second-order valence-electron chi connectivity index (χ2n) is 4.79. The Morgan fingerprint density at radius 1 is 0.800 bits per heavy atom. The van der Waals surface area contributed by atoms with Crippen molar-refractivity contribution in [1.29, 1.82) is 0 Å². The molecule has 100 valence electrons. The number of hydrogen-bond acceptors (Lipinski definition) is 3. The van der Waals surface area contributed by atoms with E-state index in [4.69, 9.17) is 0 Å². The van der Waals surface area contributed by atoms with Crippen molar-refractivity contribution in [2.75, 3.05) is 6.54 Å². The van der Waals surface area contributed by atoms with Crippen molar-refractivity contribution in [2.24, 2.45) is 0 Å². The molecule has 0 amide bonds. The molecule has 0 saturated heterocycles. The standard InChI is InChI=1S/C17H17N3/c1-2-4-14(5-3-1)8-9-18-13-15-6-7-16-17(12-15)20-11-10-19-16/h1-7,10-12,18H,8-9,13H2. The van der Waals surface area contributed by atoms with E-state index in [2.05, 4.69) is 51.7 Å². The molecule has 3 nitrogen and oxygen atoms in total. The molecule has 0 saturated carbocycles. The Balaban J connectivity index is 1.55. The van der Waals surface area contributed by atoms with Crippen LogP contribution >= 0.6 is 0 Å². The fourth-order valence-electron chi connectivity index (χ4n) is 2.23. The Hall–Kier alpha value is -2.26. The summed E-state index contributed by atoms with van der Waals surface area (Å²) in [5.41, 5.74) is 4.51. The highest BCUT2D eigenvalue weighted by molar-refractivity contribution is 5.74. The molecule has 20 heavy (non-hydrogen) atoms. The molecule has 1 heterocycles. The second kappa shape index (κ2) is 6.26. The fourth-order valence-corrected chi connectivity index (χ4v) is 2.23. The van der Waals surface area contributed by atoms with E-state index in [-0.39, 0.29) is 0 Å². The Morgan fingerprint density at radius 3 is 2.45 bits per heavy atom. The molecule has 3 rings (SSSR count). The summed E-state index contributed by atoms with van der Waals surface area (Å²) >= 11 is 0. The predicted octanol–water partition coefficient (Wildman–Crippen LogP) is 2.96. The highest BCUT2D eigenvalue weighted by Gasteiger charge is 1.98. The van der Waals surface area contributed by atoms with E-state index in [0.29, 0.717) is 0 Å². The lowest BCUT2D eigenvalue weighted by atomic mass is 10.1. The van der Waals surface area contributed by atoms with Crippen molar-refractivity contribution in [2.45, 2.75) is 13.0 Å². The summed E-state index contributed by atoms with van der Waals surface area (Å²) in [6.45, 7) is 1.84. The zero-order chi connectivity index (χ0) is 13.6. The van der Waals surface area contributed by atoms with Crippen LogP contribution in [0, 0.1) is 0 Å². The summed E-state index contributed by atoms with van der Waals surface area (Å²) in [4.78, 5) is 8.60. The van der Waals surface area contributed by atoms with Crippen LogP contribution in [0.15, 0.2) is 60.9 Å². The number of aromatic nitrogens is 2. The van der Waals surface area contributed by atoms with Crippen LogP contribution in [0.5, 0.6) is 0 Å². The van der Waals surface area contributed by atoms with Gasteiger partial charge >= 0.3 is 0 Å². The zero-order valence-corrected chi connectivity index (χ0v) is 11.3. The molecule has 0 bridgehead atoms. The molecule has 3 aromatic rings. The maximum atomic E-state index is 4.33. The third kappa shape index (κ3) is 3.19. The number of fused-ring (bicyclic) bond motifs is 1. The number of rotatable bonds is 5. The maximum absolute atomic E-state index is 4.33. The number of nitrogens with zero attached hydrogens (tertiary/aromatic N) is 2. The molecule has 0 spiro atoms. The average Bonchev–Trinajstić information content (AvgIpc) is 2.52.